The maximum atomic E-state index is 10.9. The third-order valence-corrected chi connectivity index (χ3v) is 5.16. The van der Waals surface area contributed by atoms with Crippen LogP contribution in [0.1, 0.15) is 36.8 Å². The Kier molecular flexibility index (Phi) is 6.67. The Morgan fingerprint density at radius 1 is 0.750 bits per heavy atom. The number of hydrogen-bond acceptors (Lipinski definition) is 6. The van der Waals surface area contributed by atoms with Crippen LogP contribution in [-0.2, 0) is 13.1 Å². The van der Waals surface area contributed by atoms with Gasteiger partial charge in [0.2, 0.25) is 0 Å². The monoisotopic (exact) mass is 384 g/mol. The summed E-state index contributed by atoms with van der Waals surface area (Å²) in [5.41, 5.74) is 2.07. The SMILES string of the molecule is O=[N+]([O-])c1cccc(CNC2CCC(NCc3cccc([N+](=O)[O-])c3)CC2)c1. The molecule has 0 radical (unpaired) electrons. The summed E-state index contributed by atoms with van der Waals surface area (Å²) in [6.45, 7) is 1.25. The van der Waals surface area contributed by atoms with Crippen LogP contribution in [0.3, 0.4) is 0 Å². The van der Waals surface area contributed by atoms with E-state index in [4.69, 9.17) is 0 Å². The summed E-state index contributed by atoms with van der Waals surface area (Å²) in [6, 6.07) is 14.2. The molecule has 2 aromatic carbocycles. The van der Waals surface area contributed by atoms with E-state index in [1.165, 1.54) is 12.1 Å². The molecule has 0 spiro atoms. The summed E-state index contributed by atoms with van der Waals surface area (Å²) < 4.78 is 0. The van der Waals surface area contributed by atoms with Gasteiger partial charge in [-0.2, -0.15) is 0 Å². The van der Waals surface area contributed by atoms with Gasteiger partial charge in [-0.3, -0.25) is 20.2 Å². The van der Waals surface area contributed by atoms with Gasteiger partial charge in [-0.05, 0) is 36.8 Å². The average molecular weight is 384 g/mol. The van der Waals surface area contributed by atoms with Crippen molar-refractivity contribution in [3.8, 4) is 0 Å². The Hall–Kier alpha value is -2.84. The Labute approximate surface area is 163 Å². The zero-order valence-electron chi connectivity index (χ0n) is 15.5. The first-order valence-corrected chi connectivity index (χ1v) is 9.44. The van der Waals surface area contributed by atoms with Gasteiger partial charge in [0, 0.05) is 49.4 Å². The summed E-state index contributed by atoms with van der Waals surface area (Å²) in [6.07, 6.45) is 4.12. The molecular weight excluding hydrogens is 360 g/mol. The van der Waals surface area contributed by atoms with Crippen molar-refractivity contribution in [2.75, 3.05) is 0 Å². The summed E-state index contributed by atoms with van der Waals surface area (Å²) in [4.78, 5) is 21.0. The Bertz CT molecular complexity index is 765. The molecule has 148 valence electrons. The lowest BCUT2D eigenvalue weighted by Crippen LogP contribution is -2.39. The fourth-order valence-corrected chi connectivity index (χ4v) is 3.59. The maximum Gasteiger partial charge on any atom is 0.269 e. The molecule has 0 amide bonds. The number of benzene rings is 2. The third-order valence-electron chi connectivity index (χ3n) is 5.16. The summed E-state index contributed by atoms with van der Waals surface area (Å²) in [7, 11) is 0. The van der Waals surface area contributed by atoms with E-state index in [2.05, 4.69) is 10.6 Å². The van der Waals surface area contributed by atoms with Crippen LogP contribution >= 0.6 is 0 Å². The zero-order chi connectivity index (χ0) is 19.9. The highest BCUT2D eigenvalue weighted by atomic mass is 16.6. The lowest BCUT2D eigenvalue weighted by molar-refractivity contribution is -0.385. The second-order valence-electron chi connectivity index (χ2n) is 7.16. The minimum Gasteiger partial charge on any atom is -0.310 e. The molecule has 0 atom stereocenters. The smallest absolute Gasteiger partial charge is 0.269 e. The molecule has 1 aliphatic carbocycles. The normalized spacial score (nSPS) is 19.3. The molecule has 0 bridgehead atoms. The van der Waals surface area contributed by atoms with Crippen LogP contribution < -0.4 is 10.6 Å². The molecule has 0 aromatic heterocycles. The highest BCUT2D eigenvalue weighted by molar-refractivity contribution is 5.35. The largest absolute Gasteiger partial charge is 0.310 e. The molecule has 1 aliphatic rings. The van der Waals surface area contributed by atoms with Crippen molar-refractivity contribution in [1.82, 2.24) is 10.6 Å². The fraction of sp³-hybridized carbons (Fsp3) is 0.400. The quantitative estimate of drug-likeness (QED) is 0.530. The minimum atomic E-state index is -0.373. The van der Waals surface area contributed by atoms with Gasteiger partial charge in [-0.15, -0.1) is 0 Å². The summed E-state index contributed by atoms with van der Waals surface area (Å²) in [5.74, 6) is 0. The van der Waals surface area contributed by atoms with Gasteiger partial charge >= 0.3 is 0 Å². The highest BCUT2D eigenvalue weighted by Gasteiger charge is 2.20. The van der Waals surface area contributed by atoms with Gasteiger partial charge in [-0.25, -0.2) is 0 Å². The first-order chi connectivity index (χ1) is 13.5. The van der Waals surface area contributed by atoms with Crippen molar-refractivity contribution in [1.29, 1.82) is 0 Å². The molecule has 28 heavy (non-hydrogen) atoms. The van der Waals surface area contributed by atoms with Crippen LogP contribution in [0, 0.1) is 20.2 Å². The van der Waals surface area contributed by atoms with Crippen LogP contribution in [-0.4, -0.2) is 21.9 Å². The van der Waals surface area contributed by atoms with Crippen molar-refractivity contribution >= 4 is 11.4 Å². The van der Waals surface area contributed by atoms with Crippen LogP contribution in [0.5, 0.6) is 0 Å². The van der Waals surface area contributed by atoms with E-state index in [1.807, 2.05) is 12.1 Å². The molecule has 1 saturated carbocycles. The van der Waals surface area contributed by atoms with Crippen molar-refractivity contribution in [3.63, 3.8) is 0 Å². The van der Waals surface area contributed by atoms with Crippen molar-refractivity contribution in [3.05, 3.63) is 79.9 Å². The molecule has 1 fully saturated rings. The lowest BCUT2D eigenvalue weighted by atomic mass is 9.91. The van der Waals surface area contributed by atoms with E-state index in [1.54, 1.807) is 24.3 Å². The van der Waals surface area contributed by atoms with Crippen LogP contribution in [0.4, 0.5) is 11.4 Å². The van der Waals surface area contributed by atoms with E-state index < -0.39 is 0 Å². The number of nitro groups is 2. The number of nitro benzene ring substituents is 2. The Balaban J connectivity index is 1.41. The predicted molar refractivity (Wildman–Crippen MR) is 106 cm³/mol. The van der Waals surface area contributed by atoms with Crippen LogP contribution in [0.25, 0.3) is 0 Å². The fourth-order valence-electron chi connectivity index (χ4n) is 3.59. The molecule has 2 aromatic rings. The number of nitrogens with zero attached hydrogens (tertiary/aromatic N) is 2. The van der Waals surface area contributed by atoms with E-state index in [0.29, 0.717) is 25.2 Å². The van der Waals surface area contributed by atoms with Crippen molar-refractivity contribution in [2.24, 2.45) is 0 Å². The molecule has 3 rings (SSSR count). The zero-order valence-corrected chi connectivity index (χ0v) is 15.5. The van der Waals surface area contributed by atoms with Gasteiger partial charge in [0.05, 0.1) is 9.85 Å². The van der Waals surface area contributed by atoms with Gasteiger partial charge in [0.25, 0.3) is 11.4 Å². The lowest BCUT2D eigenvalue weighted by Gasteiger charge is -2.30. The molecule has 0 aliphatic heterocycles. The van der Waals surface area contributed by atoms with Gasteiger partial charge < -0.3 is 10.6 Å². The van der Waals surface area contributed by atoms with Gasteiger partial charge in [0.15, 0.2) is 0 Å². The molecule has 8 nitrogen and oxygen atoms in total. The van der Waals surface area contributed by atoms with E-state index in [9.17, 15) is 20.2 Å². The minimum absolute atomic E-state index is 0.119. The molecule has 0 heterocycles. The van der Waals surface area contributed by atoms with E-state index >= 15 is 0 Å². The second-order valence-corrected chi connectivity index (χ2v) is 7.16. The van der Waals surface area contributed by atoms with Crippen LogP contribution in [0.15, 0.2) is 48.5 Å². The van der Waals surface area contributed by atoms with E-state index in [-0.39, 0.29) is 21.2 Å². The number of nitrogens with one attached hydrogen (secondary N) is 2. The molecule has 8 heteroatoms. The Morgan fingerprint density at radius 3 is 1.50 bits per heavy atom. The first kappa shape index (κ1) is 19.9. The predicted octanol–water partition coefficient (Wildman–Crippen LogP) is 3.69. The van der Waals surface area contributed by atoms with Crippen molar-refractivity contribution in [2.45, 2.75) is 50.9 Å². The number of rotatable bonds is 8. The highest BCUT2D eigenvalue weighted by Crippen LogP contribution is 2.21. The van der Waals surface area contributed by atoms with E-state index in [0.717, 1.165) is 36.8 Å². The Morgan fingerprint density at radius 2 is 1.14 bits per heavy atom. The van der Waals surface area contributed by atoms with Gasteiger partial charge in [0.1, 0.15) is 0 Å². The standard InChI is InChI=1S/C20H24N4O4/c25-23(26)19-5-1-3-15(11-19)13-21-17-7-9-18(10-8-17)22-14-16-4-2-6-20(12-16)24(27)28/h1-6,11-12,17-18,21-22H,7-10,13-14H2. The first-order valence-electron chi connectivity index (χ1n) is 9.44. The number of hydrogen-bond donors (Lipinski definition) is 2. The van der Waals surface area contributed by atoms with Crippen LogP contribution in [0.2, 0.25) is 0 Å². The second kappa shape index (κ2) is 9.38. The summed E-state index contributed by atoms with van der Waals surface area (Å²) >= 11 is 0. The third kappa shape index (κ3) is 5.58. The topological polar surface area (TPSA) is 110 Å². The number of non-ortho nitro benzene ring substituents is 2. The van der Waals surface area contributed by atoms with Crippen molar-refractivity contribution < 1.29 is 9.85 Å². The molecule has 0 saturated heterocycles. The van der Waals surface area contributed by atoms with Gasteiger partial charge in [-0.1, -0.05) is 24.3 Å². The summed E-state index contributed by atoms with van der Waals surface area (Å²) in [5, 5.41) is 28.7. The molecule has 0 unspecified atom stereocenters. The molecular formula is C20H24N4O4. The maximum absolute atomic E-state index is 10.9. The molecule has 2 N–H and O–H groups in total. The average Bonchev–Trinajstić information content (AvgIpc) is 2.72.